The maximum atomic E-state index is 11.2. The van der Waals surface area contributed by atoms with E-state index in [-0.39, 0.29) is 12.3 Å². The highest BCUT2D eigenvalue weighted by Gasteiger charge is 2.10. The van der Waals surface area contributed by atoms with Gasteiger partial charge in [-0.1, -0.05) is 0 Å². The first-order valence-electron chi connectivity index (χ1n) is 5.20. The van der Waals surface area contributed by atoms with Crippen molar-refractivity contribution in [2.75, 3.05) is 5.75 Å². The lowest BCUT2D eigenvalue weighted by Crippen LogP contribution is -2.24. The molecular formula is C11H13NO4S. The molecule has 5 nitrogen and oxygen atoms in total. The first-order valence-corrected chi connectivity index (χ1v) is 6.86. The average molecular weight is 255 g/mol. The maximum absolute atomic E-state index is 11.2. The van der Waals surface area contributed by atoms with Crippen LogP contribution in [0.2, 0.25) is 0 Å². The minimum atomic E-state index is -3.20. The minimum absolute atomic E-state index is 0.0543. The number of hydrogen-bond donors (Lipinski definition) is 1. The first kappa shape index (κ1) is 11.9. The van der Waals surface area contributed by atoms with Gasteiger partial charge in [-0.25, -0.2) is 13.1 Å². The molecule has 2 heterocycles. The molecule has 0 spiro atoms. The quantitative estimate of drug-likeness (QED) is 0.886. The SMILES string of the molecule is CCS(=O)(=O)NCc1ccc(-c2ccco2)o1. The highest BCUT2D eigenvalue weighted by atomic mass is 32.2. The maximum Gasteiger partial charge on any atom is 0.211 e. The summed E-state index contributed by atoms with van der Waals surface area (Å²) in [6, 6.07) is 7.00. The molecule has 0 aliphatic carbocycles. The molecular weight excluding hydrogens is 242 g/mol. The summed E-state index contributed by atoms with van der Waals surface area (Å²) in [4.78, 5) is 0. The van der Waals surface area contributed by atoms with Crippen LogP contribution in [0.5, 0.6) is 0 Å². The topological polar surface area (TPSA) is 72.5 Å². The molecule has 17 heavy (non-hydrogen) atoms. The molecule has 2 aromatic rings. The predicted molar refractivity (Wildman–Crippen MR) is 62.7 cm³/mol. The van der Waals surface area contributed by atoms with Crippen molar-refractivity contribution in [3.05, 3.63) is 36.3 Å². The average Bonchev–Trinajstić information content (AvgIpc) is 2.97. The van der Waals surface area contributed by atoms with Gasteiger partial charge in [0.2, 0.25) is 10.0 Å². The minimum Gasteiger partial charge on any atom is -0.461 e. The van der Waals surface area contributed by atoms with Crippen molar-refractivity contribution in [1.82, 2.24) is 4.72 Å². The van der Waals surface area contributed by atoms with Gasteiger partial charge in [0.1, 0.15) is 5.76 Å². The summed E-state index contributed by atoms with van der Waals surface area (Å²) in [5.74, 6) is 1.81. The molecule has 0 bridgehead atoms. The summed E-state index contributed by atoms with van der Waals surface area (Å²) in [6.07, 6.45) is 1.55. The van der Waals surface area contributed by atoms with Crippen molar-refractivity contribution in [1.29, 1.82) is 0 Å². The zero-order valence-corrected chi connectivity index (χ0v) is 10.2. The number of furan rings is 2. The lowest BCUT2D eigenvalue weighted by atomic mass is 10.3. The molecule has 6 heteroatoms. The van der Waals surface area contributed by atoms with Crippen molar-refractivity contribution >= 4 is 10.0 Å². The molecule has 0 unspecified atom stereocenters. The van der Waals surface area contributed by atoms with Gasteiger partial charge in [0.05, 0.1) is 18.6 Å². The molecule has 0 amide bonds. The lowest BCUT2D eigenvalue weighted by molar-refractivity contribution is 0.485. The van der Waals surface area contributed by atoms with E-state index in [0.717, 1.165) is 0 Å². The highest BCUT2D eigenvalue weighted by Crippen LogP contribution is 2.22. The predicted octanol–water partition coefficient (Wildman–Crippen LogP) is 1.98. The van der Waals surface area contributed by atoms with Gasteiger partial charge < -0.3 is 8.83 Å². The fraction of sp³-hybridized carbons (Fsp3) is 0.273. The summed E-state index contributed by atoms with van der Waals surface area (Å²) in [7, 11) is -3.20. The summed E-state index contributed by atoms with van der Waals surface area (Å²) in [5, 5.41) is 0. The van der Waals surface area contributed by atoms with Crippen LogP contribution in [-0.4, -0.2) is 14.2 Å². The fourth-order valence-electron chi connectivity index (χ4n) is 1.31. The van der Waals surface area contributed by atoms with Crippen LogP contribution in [0.4, 0.5) is 0 Å². The molecule has 0 saturated carbocycles. The van der Waals surface area contributed by atoms with Crippen LogP contribution in [0.3, 0.4) is 0 Å². The molecule has 0 aromatic carbocycles. The molecule has 0 atom stereocenters. The van der Waals surface area contributed by atoms with E-state index < -0.39 is 10.0 Å². The fourth-order valence-corrected chi connectivity index (χ4v) is 1.87. The molecule has 0 aliphatic heterocycles. The highest BCUT2D eigenvalue weighted by molar-refractivity contribution is 7.89. The second-order valence-corrected chi connectivity index (χ2v) is 5.56. The second-order valence-electron chi connectivity index (χ2n) is 3.47. The molecule has 0 radical (unpaired) electrons. The molecule has 0 aliphatic rings. The van der Waals surface area contributed by atoms with Gasteiger partial charge in [-0.05, 0) is 31.2 Å². The van der Waals surface area contributed by atoms with Gasteiger partial charge in [0, 0.05) is 0 Å². The van der Waals surface area contributed by atoms with Crippen LogP contribution in [0.1, 0.15) is 12.7 Å². The van der Waals surface area contributed by atoms with E-state index in [4.69, 9.17) is 8.83 Å². The number of hydrogen-bond acceptors (Lipinski definition) is 4. The van der Waals surface area contributed by atoms with E-state index in [1.807, 2.05) is 0 Å². The standard InChI is InChI=1S/C11H13NO4S/c1-2-17(13,14)12-8-9-5-6-11(16-9)10-4-3-7-15-10/h3-7,12H,2,8H2,1H3. The molecule has 0 saturated heterocycles. The Bertz CT molecular complexity index is 568. The Morgan fingerprint density at radius 3 is 2.71 bits per heavy atom. The van der Waals surface area contributed by atoms with Crippen molar-refractivity contribution < 1.29 is 17.3 Å². The van der Waals surface area contributed by atoms with Crippen molar-refractivity contribution in [3.8, 4) is 11.5 Å². The number of sulfonamides is 1. The van der Waals surface area contributed by atoms with E-state index in [1.54, 1.807) is 37.5 Å². The lowest BCUT2D eigenvalue weighted by Gasteiger charge is -2.01. The van der Waals surface area contributed by atoms with Gasteiger partial charge in [-0.2, -0.15) is 0 Å². The van der Waals surface area contributed by atoms with Gasteiger partial charge >= 0.3 is 0 Å². The molecule has 2 aromatic heterocycles. The van der Waals surface area contributed by atoms with Crippen molar-refractivity contribution in [2.24, 2.45) is 0 Å². The van der Waals surface area contributed by atoms with Crippen LogP contribution in [0.25, 0.3) is 11.5 Å². The Balaban J connectivity index is 2.05. The Labute approximate surface area is 99.5 Å². The summed E-state index contributed by atoms with van der Waals surface area (Å²) in [5.41, 5.74) is 0. The largest absolute Gasteiger partial charge is 0.461 e. The van der Waals surface area contributed by atoms with E-state index in [9.17, 15) is 8.42 Å². The van der Waals surface area contributed by atoms with Crippen LogP contribution in [-0.2, 0) is 16.6 Å². The monoisotopic (exact) mass is 255 g/mol. The number of rotatable bonds is 5. The van der Waals surface area contributed by atoms with Crippen LogP contribution >= 0.6 is 0 Å². The third-order valence-electron chi connectivity index (χ3n) is 2.27. The van der Waals surface area contributed by atoms with Gasteiger partial charge in [-0.15, -0.1) is 0 Å². The van der Waals surface area contributed by atoms with Crippen molar-refractivity contribution in [2.45, 2.75) is 13.5 Å². The summed E-state index contributed by atoms with van der Waals surface area (Å²) >= 11 is 0. The molecule has 2 rings (SSSR count). The Morgan fingerprint density at radius 2 is 2.06 bits per heavy atom. The second kappa shape index (κ2) is 4.77. The Hall–Kier alpha value is -1.53. The van der Waals surface area contributed by atoms with Crippen molar-refractivity contribution in [3.63, 3.8) is 0 Å². The normalized spacial score (nSPS) is 11.8. The molecule has 0 fully saturated rings. The van der Waals surface area contributed by atoms with Gasteiger partial charge in [0.15, 0.2) is 11.5 Å². The smallest absolute Gasteiger partial charge is 0.211 e. The summed E-state index contributed by atoms with van der Waals surface area (Å²) in [6.45, 7) is 1.73. The van der Waals surface area contributed by atoms with E-state index in [0.29, 0.717) is 17.3 Å². The van der Waals surface area contributed by atoms with Crippen LogP contribution < -0.4 is 4.72 Å². The first-order chi connectivity index (χ1) is 8.11. The van der Waals surface area contributed by atoms with Crippen LogP contribution in [0.15, 0.2) is 39.4 Å². The number of nitrogens with one attached hydrogen (secondary N) is 1. The van der Waals surface area contributed by atoms with E-state index in [2.05, 4.69) is 4.72 Å². The third kappa shape index (κ3) is 2.98. The van der Waals surface area contributed by atoms with Crippen LogP contribution in [0, 0.1) is 0 Å². The van der Waals surface area contributed by atoms with Gasteiger partial charge in [-0.3, -0.25) is 0 Å². The van der Waals surface area contributed by atoms with E-state index >= 15 is 0 Å². The van der Waals surface area contributed by atoms with Gasteiger partial charge in [0.25, 0.3) is 0 Å². The Kier molecular flexibility index (Phi) is 3.35. The molecule has 1 N–H and O–H groups in total. The third-order valence-corrected chi connectivity index (χ3v) is 3.62. The van der Waals surface area contributed by atoms with E-state index in [1.165, 1.54) is 0 Å². The summed E-state index contributed by atoms with van der Waals surface area (Å²) < 4.78 is 35.5. The zero-order chi connectivity index (χ0) is 12.3. The molecule has 92 valence electrons. The Morgan fingerprint density at radius 1 is 1.24 bits per heavy atom. The zero-order valence-electron chi connectivity index (χ0n) is 9.34.